The number of halogens is 1. The van der Waals surface area contributed by atoms with E-state index in [1.54, 1.807) is 6.08 Å². The first kappa shape index (κ1) is 9.08. The van der Waals surface area contributed by atoms with Crippen molar-refractivity contribution in [3.8, 4) is 0 Å². The molecule has 2 heterocycles. The molecule has 0 spiro atoms. The van der Waals surface area contributed by atoms with Crippen LogP contribution in [0.5, 0.6) is 0 Å². The van der Waals surface area contributed by atoms with Gasteiger partial charge in [-0.3, -0.25) is 14.3 Å². The zero-order valence-corrected chi connectivity index (χ0v) is 7.82. The summed E-state index contributed by atoms with van der Waals surface area (Å²) in [5, 5.41) is -0.0277. The molecule has 1 aromatic rings. The molecule has 1 aromatic heterocycles. The standard InChI is InChI=1S/C8H7ClN2O3/c9-5-4-11(6-2-1-3-14-6)8(13)10-7(5)12/h1,3-4,6H,2H2,(H,10,12,13)/t6-/m0/s1. The van der Waals surface area contributed by atoms with Crippen LogP contribution in [-0.2, 0) is 4.74 Å². The Balaban J connectivity index is 2.48. The molecule has 0 saturated carbocycles. The quantitative estimate of drug-likeness (QED) is 0.746. The van der Waals surface area contributed by atoms with Crippen LogP contribution in [0.15, 0.2) is 28.1 Å². The van der Waals surface area contributed by atoms with Crippen LogP contribution < -0.4 is 11.2 Å². The van der Waals surface area contributed by atoms with Gasteiger partial charge in [-0.15, -0.1) is 0 Å². The van der Waals surface area contributed by atoms with E-state index in [1.165, 1.54) is 17.0 Å². The van der Waals surface area contributed by atoms with Crippen molar-refractivity contribution in [1.29, 1.82) is 0 Å². The number of H-pyrrole nitrogens is 1. The SMILES string of the molecule is O=c1[nH]c(=O)n([C@@H]2CC=CO2)cc1Cl. The smallest absolute Gasteiger partial charge is 0.331 e. The van der Waals surface area contributed by atoms with E-state index in [9.17, 15) is 9.59 Å². The minimum atomic E-state index is -0.584. The number of hydrogen-bond acceptors (Lipinski definition) is 3. The minimum Gasteiger partial charge on any atom is -0.478 e. The maximum Gasteiger partial charge on any atom is 0.331 e. The third kappa shape index (κ3) is 1.46. The molecule has 1 atom stereocenters. The van der Waals surface area contributed by atoms with Crippen LogP contribution in [0.4, 0.5) is 0 Å². The van der Waals surface area contributed by atoms with Crippen molar-refractivity contribution in [2.45, 2.75) is 12.6 Å². The first-order valence-electron chi connectivity index (χ1n) is 4.00. The van der Waals surface area contributed by atoms with Crippen molar-refractivity contribution < 1.29 is 4.74 Å². The average Bonchev–Trinajstić information content (AvgIpc) is 2.64. The van der Waals surface area contributed by atoms with Crippen molar-refractivity contribution in [3.05, 3.63) is 44.4 Å². The number of nitrogens with one attached hydrogen (secondary N) is 1. The summed E-state index contributed by atoms with van der Waals surface area (Å²) in [7, 11) is 0. The number of aromatic nitrogens is 2. The summed E-state index contributed by atoms with van der Waals surface area (Å²) in [5.41, 5.74) is -1.10. The fourth-order valence-electron chi connectivity index (χ4n) is 1.23. The molecule has 1 aliphatic rings. The lowest BCUT2D eigenvalue weighted by Crippen LogP contribution is -2.32. The number of nitrogens with zero attached hydrogens (tertiary/aromatic N) is 1. The van der Waals surface area contributed by atoms with Crippen molar-refractivity contribution in [1.82, 2.24) is 9.55 Å². The van der Waals surface area contributed by atoms with Gasteiger partial charge in [-0.2, -0.15) is 0 Å². The minimum absolute atomic E-state index is 0.0277. The molecule has 0 amide bonds. The van der Waals surface area contributed by atoms with Crippen molar-refractivity contribution in [3.63, 3.8) is 0 Å². The molecule has 14 heavy (non-hydrogen) atoms. The second-order valence-corrected chi connectivity index (χ2v) is 3.25. The van der Waals surface area contributed by atoms with E-state index in [2.05, 4.69) is 4.98 Å². The fraction of sp³-hybridized carbons (Fsp3) is 0.250. The van der Waals surface area contributed by atoms with Gasteiger partial charge in [0.25, 0.3) is 5.56 Å². The molecule has 0 saturated heterocycles. The first-order valence-corrected chi connectivity index (χ1v) is 4.38. The summed E-state index contributed by atoms with van der Waals surface area (Å²) in [5.74, 6) is 0. The highest BCUT2D eigenvalue weighted by Crippen LogP contribution is 2.18. The van der Waals surface area contributed by atoms with Gasteiger partial charge in [-0.05, 0) is 6.08 Å². The molecule has 0 unspecified atom stereocenters. The van der Waals surface area contributed by atoms with Crippen LogP contribution in [0, 0.1) is 0 Å². The Morgan fingerprint density at radius 1 is 1.57 bits per heavy atom. The third-order valence-corrected chi connectivity index (χ3v) is 2.17. The lowest BCUT2D eigenvalue weighted by molar-refractivity contribution is 0.0997. The summed E-state index contributed by atoms with van der Waals surface area (Å²) < 4.78 is 6.37. The van der Waals surface area contributed by atoms with Gasteiger partial charge in [0.05, 0.1) is 6.26 Å². The summed E-state index contributed by atoms with van der Waals surface area (Å²) in [4.78, 5) is 24.4. The monoisotopic (exact) mass is 214 g/mol. The predicted octanol–water partition coefficient (Wildman–Crippen LogP) is 0.623. The zero-order chi connectivity index (χ0) is 10.1. The zero-order valence-electron chi connectivity index (χ0n) is 7.07. The maximum atomic E-state index is 11.3. The Morgan fingerprint density at radius 3 is 3.00 bits per heavy atom. The molecule has 1 aliphatic heterocycles. The number of aromatic amines is 1. The summed E-state index contributed by atoms with van der Waals surface area (Å²) in [6.45, 7) is 0. The molecule has 74 valence electrons. The second-order valence-electron chi connectivity index (χ2n) is 2.84. The van der Waals surface area contributed by atoms with E-state index < -0.39 is 17.5 Å². The molecule has 2 rings (SSSR count). The largest absolute Gasteiger partial charge is 0.478 e. The molecular formula is C8H7ClN2O3. The van der Waals surface area contributed by atoms with Gasteiger partial charge in [0.15, 0.2) is 6.23 Å². The van der Waals surface area contributed by atoms with Gasteiger partial charge < -0.3 is 4.74 Å². The Labute approximate surface area is 83.6 Å². The van der Waals surface area contributed by atoms with Gasteiger partial charge in [0.1, 0.15) is 5.02 Å². The third-order valence-electron chi connectivity index (χ3n) is 1.90. The lowest BCUT2D eigenvalue weighted by atomic mass is 10.4. The van der Waals surface area contributed by atoms with Crippen LogP contribution in [0.2, 0.25) is 5.02 Å². The molecule has 0 aliphatic carbocycles. The average molecular weight is 215 g/mol. The Hall–Kier alpha value is -1.49. The molecule has 0 aromatic carbocycles. The van der Waals surface area contributed by atoms with Crippen LogP contribution in [0.25, 0.3) is 0 Å². The van der Waals surface area contributed by atoms with Gasteiger partial charge in [0, 0.05) is 12.6 Å². The molecule has 0 bridgehead atoms. The van der Waals surface area contributed by atoms with Crippen molar-refractivity contribution in [2.75, 3.05) is 0 Å². The van der Waals surface area contributed by atoms with Crippen LogP contribution in [0.1, 0.15) is 12.6 Å². The van der Waals surface area contributed by atoms with E-state index in [0.29, 0.717) is 6.42 Å². The Kier molecular flexibility index (Phi) is 2.17. The number of ether oxygens (including phenoxy) is 1. The molecule has 6 heteroatoms. The highest BCUT2D eigenvalue weighted by atomic mass is 35.5. The van der Waals surface area contributed by atoms with E-state index in [1.807, 2.05) is 0 Å². The normalized spacial score (nSPS) is 19.6. The Morgan fingerprint density at radius 2 is 2.36 bits per heavy atom. The Bertz CT molecular complexity index is 480. The molecule has 0 radical (unpaired) electrons. The van der Waals surface area contributed by atoms with Gasteiger partial charge in [-0.25, -0.2) is 4.79 Å². The van der Waals surface area contributed by atoms with Gasteiger partial charge >= 0.3 is 5.69 Å². The summed E-state index contributed by atoms with van der Waals surface area (Å²) in [6.07, 6.45) is 4.76. The van der Waals surface area contributed by atoms with Crippen LogP contribution in [0.3, 0.4) is 0 Å². The molecule has 1 N–H and O–H groups in total. The van der Waals surface area contributed by atoms with E-state index >= 15 is 0 Å². The molecule has 0 fully saturated rings. The number of hydrogen-bond donors (Lipinski definition) is 1. The second kappa shape index (κ2) is 3.34. The fourth-order valence-corrected chi connectivity index (χ4v) is 1.38. The van der Waals surface area contributed by atoms with Crippen LogP contribution >= 0.6 is 11.6 Å². The maximum absolute atomic E-state index is 11.3. The number of rotatable bonds is 1. The van der Waals surface area contributed by atoms with E-state index in [0.717, 1.165) is 0 Å². The van der Waals surface area contributed by atoms with Crippen LogP contribution in [-0.4, -0.2) is 9.55 Å². The van der Waals surface area contributed by atoms with Gasteiger partial charge in [0.2, 0.25) is 0 Å². The van der Waals surface area contributed by atoms with E-state index in [4.69, 9.17) is 16.3 Å². The first-order chi connectivity index (χ1) is 6.68. The molecular weight excluding hydrogens is 208 g/mol. The lowest BCUT2D eigenvalue weighted by Gasteiger charge is -2.12. The van der Waals surface area contributed by atoms with Crippen molar-refractivity contribution in [2.24, 2.45) is 0 Å². The predicted molar refractivity (Wildman–Crippen MR) is 50.2 cm³/mol. The van der Waals surface area contributed by atoms with E-state index in [-0.39, 0.29) is 5.02 Å². The topological polar surface area (TPSA) is 64.1 Å². The summed E-state index contributed by atoms with van der Waals surface area (Å²) in [6, 6.07) is 0. The van der Waals surface area contributed by atoms with Crippen molar-refractivity contribution >= 4 is 11.6 Å². The highest BCUT2D eigenvalue weighted by Gasteiger charge is 2.15. The highest BCUT2D eigenvalue weighted by molar-refractivity contribution is 6.30. The summed E-state index contributed by atoms with van der Waals surface area (Å²) >= 11 is 5.58. The van der Waals surface area contributed by atoms with Gasteiger partial charge in [-0.1, -0.05) is 11.6 Å². The molecule has 5 nitrogen and oxygen atoms in total.